The highest BCUT2D eigenvalue weighted by Gasteiger charge is 2.23. The van der Waals surface area contributed by atoms with Gasteiger partial charge >= 0.3 is 0 Å². The van der Waals surface area contributed by atoms with Crippen LogP contribution >= 0.6 is 0 Å². The van der Waals surface area contributed by atoms with Gasteiger partial charge in [0.25, 0.3) is 5.91 Å². The first-order valence-corrected chi connectivity index (χ1v) is 10.5. The summed E-state index contributed by atoms with van der Waals surface area (Å²) >= 11 is 0. The lowest BCUT2D eigenvalue weighted by atomic mass is 10.1. The van der Waals surface area contributed by atoms with Gasteiger partial charge in [-0.2, -0.15) is 0 Å². The molecule has 5 rings (SSSR count). The van der Waals surface area contributed by atoms with Gasteiger partial charge in [-0.3, -0.25) is 4.79 Å². The minimum atomic E-state index is 0.0334. The van der Waals surface area contributed by atoms with Crippen molar-refractivity contribution in [2.75, 3.05) is 13.1 Å². The van der Waals surface area contributed by atoms with E-state index in [2.05, 4.69) is 33.2 Å². The van der Waals surface area contributed by atoms with Gasteiger partial charge in [0.15, 0.2) is 5.82 Å². The summed E-state index contributed by atoms with van der Waals surface area (Å²) in [5, 5.41) is 1.10. The maximum absolute atomic E-state index is 13.0. The van der Waals surface area contributed by atoms with Crippen LogP contribution in [0.4, 0.5) is 0 Å². The highest BCUT2D eigenvalue weighted by Crippen LogP contribution is 2.29. The van der Waals surface area contributed by atoms with Crippen LogP contribution in [0.3, 0.4) is 0 Å². The predicted octanol–water partition coefficient (Wildman–Crippen LogP) is 3.17. The zero-order chi connectivity index (χ0) is 20.8. The largest absolute Gasteiger partial charge is 0.337 e. The number of amides is 1. The second-order valence-electron chi connectivity index (χ2n) is 8.04. The molecule has 3 aromatic heterocycles. The Kier molecular flexibility index (Phi) is 4.55. The summed E-state index contributed by atoms with van der Waals surface area (Å²) in [7, 11) is 2.01. The first kappa shape index (κ1) is 18.8. The number of rotatable bonds is 3. The van der Waals surface area contributed by atoms with E-state index >= 15 is 0 Å². The molecule has 1 amide bonds. The number of carbonyl (C=O) groups is 1. The Hall–Kier alpha value is -3.19. The molecular formula is C23H26N6O. The average molecular weight is 403 g/mol. The molecule has 4 aromatic rings. The van der Waals surface area contributed by atoms with Crippen LogP contribution in [0.2, 0.25) is 0 Å². The van der Waals surface area contributed by atoms with Crippen molar-refractivity contribution >= 4 is 28.0 Å². The van der Waals surface area contributed by atoms with Gasteiger partial charge in [-0.1, -0.05) is 0 Å². The van der Waals surface area contributed by atoms with Crippen molar-refractivity contribution in [3.8, 4) is 11.5 Å². The third kappa shape index (κ3) is 2.97. The topological polar surface area (TPSA) is 82.0 Å². The van der Waals surface area contributed by atoms with E-state index in [1.165, 1.54) is 0 Å². The van der Waals surface area contributed by atoms with Crippen molar-refractivity contribution in [2.24, 2.45) is 12.8 Å². The number of pyridine rings is 1. The van der Waals surface area contributed by atoms with Crippen LogP contribution in [-0.2, 0) is 13.6 Å². The van der Waals surface area contributed by atoms with Crippen molar-refractivity contribution in [3.63, 3.8) is 0 Å². The molecule has 7 nitrogen and oxygen atoms in total. The number of carbonyl (C=O) groups excluding carboxylic acids is 1. The molecule has 1 aliphatic heterocycles. The first-order valence-electron chi connectivity index (χ1n) is 10.5. The number of piperidine rings is 1. The Balaban J connectivity index is 1.57. The molecule has 4 heterocycles. The minimum absolute atomic E-state index is 0.0334. The number of nitrogens with two attached hydrogens (primary N) is 1. The van der Waals surface area contributed by atoms with Gasteiger partial charge in [-0.25, -0.2) is 9.97 Å². The summed E-state index contributed by atoms with van der Waals surface area (Å²) in [6, 6.07) is 12.0. The third-order valence-corrected chi connectivity index (χ3v) is 6.07. The number of likely N-dealkylation sites (tertiary alicyclic amines) is 1. The van der Waals surface area contributed by atoms with E-state index in [0.717, 1.165) is 59.5 Å². The fourth-order valence-electron chi connectivity index (χ4n) is 4.53. The molecule has 1 aliphatic rings. The number of hydrogen-bond acceptors (Lipinski definition) is 4. The average Bonchev–Trinajstić information content (AvgIpc) is 3.30. The van der Waals surface area contributed by atoms with Crippen molar-refractivity contribution in [1.29, 1.82) is 0 Å². The molecule has 2 N–H and O–H groups in total. The number of benzene rings is 1. The Morgan fingerprint density at radius 1 is 1.27 bits per heavy atom. The number of hydrogen-bond donors (Lipinski definition) is 1. The second kappa shape index (κ2) is 7.25. The van der Waals surface area contributed by atoms with Gasteiger partial charge in [-0.15, -0.1) is 0 Å². The number of imidazole rings is 1. The molecular weight excluding hydrogens is 376 g/mol. The molecule has 0 aliphatic carbocycles. The van der Waals surface area contributed by atoms with Crippen LogP contribution in [0, 0.1) is 0 Å². The Morgan fingerprint density at radius 3 is 2.93 bits per heavy atom. The molecule has 0 bridgehead atoms. The van der Waals surface area contributed by atoms with E-state index in [1.54, 1.807) is 0 Å². The van der Waals surface area contributed by atoms with Crippen molar-refractivity contribution in [3.05, 3.63) is 48.2 Å². The molecule has 0 spiro atoms. The van der Waals surface area contributed by atoms with E-state index in [-0.39, 0.29) is 11.9 Å². The van der Waals surface area contributed by atoms with Gasteiger partial charge in [0.05, 0.1) is 16.7 Å². The molecule has 1 fully saturated rings. The van der Waals surface area contributed by atoms with Gasteiger partial charge in [0, 0.05) is 49.9 Å². The van der Waals surface area contributed by atoms with Crippen molar-refractivity contribution in [2.45, 2.75) is 32.4 Å². The first-order chi connectivity index (χ1) is 14.6. The maximum atomic E-state index is 13.0. The summed E-state index contributed by atoms with van der Waals surface area (Å²) in [5.74, 6) is 0.903. The normalized spacial score (nSPS) is 17.2. The molecule has 30 heavy (non-hydrogen) atoms. The molecule has 1 aromatic carbocycles. The molecule has 1 saturated heterocycles. The lowest BCUT2D eigenvalue weighted by Crippen LogP contribution is -2.45. The molecule has 0 saturated carbocycles. The maximum Gasteiger partial charge on any atom is 0.253 e. The number of fused-ring (bicyclic) bond motifs is 2. The van der Waals surface area contributed by atoms with Gasteiger partial charge in [0.1, 0.15) is 5.65 Å². The smallest absolute Gasteiger partial charge is 0.253 e. The van der Waals surface area contributed by atoms with E-state index in [1.807, 2.05) is 42.4 Å². The Labute approximate surface area is 175 Å². The number of nitrogens with zero attached hydrogens (tertiary/aromatic N) is 5. The number of aryl methyl sites for hydroxylation is 2. The molecule has 0 radical (unpaired) electrons. The number of aromatic nitrogens is 4. The van der Waals surface area contributed by atoms with Gasteiger partial charge < -0.3 is 19.8 Å². The van der Waals surface area contributed by atoms with Crippen LogP contribution in [0.15, 0.2) is 42.6 Å². The Bertz CT molecular complexity index is 1250. The molecule has 154 valence electrons. The zero-order valence-corrected chi connectivity index (χ0v) is 17.4. The van der Waals surface area contributed by atoms with E-state index in [0.29, 0.717) is 12.1 Å². The van der Waals surface area contributed by atoms with Gasteiger partial charge in [0.2, 0.25) is 0 Å². The van der Waals surface area contributed by atoms with Crippen LogP contribution in [0.1, 0.15) is 30.1 Å². The van der Waals surface area contributed by atoms with Crippen LogP contribution in [0.25, 0.3) is 33.6 Å². The van der Waals surface area contributed by atoms with E-state index in [4.69, 9.17) is 10.7 Å². The summed E-state index contributed by atoms with van der Waals surface area (Å²) in [6.07, 6.45) is 3.75. The quantitative estimate of drug-likeness (QED) is 0.571. The van der Waals surface area contributed by atoms with Crippen LogP contribution in [0.5, 0.6) is 0 Å². The minimum Gasteiger partial charge on any atom is -0.337 e. The van der Waals surface area contributed by atoms with Gasteiger partial charge in [-0.05, 0) is 56.2 Å². The summed E-state index contributed by atoms with van der Waals surface area (Å²) in [6.45, 7) is 4.30. The Morgan fingerprint density at radius 2 is 2.13 bits per heavy atom. The summed E-state index contributed by atoms with van der Waals surface area (Å²) in [4.78, 5) is 24.3. The highest BCUT2D eigenvalue weighted by atomic mass is 16.2. The lowest BCUT2D eigenvalue weighted by molar-refractivity contribution is 0.0709. The third-order valence-electron chi connectivity index (χ3n) is 6.07. The standard InChI is InChI=1S/C23H26N6O/c1-3-29-20(13-15-6-4-10-25-21(15)29)22-26-18-12-16(8-9-19(18)27(22)2)23(30)28-11-5-7-17(24)14-28/h4,6,8-10,12-13,17H,3,5,7,11,14,24H2,1-2H3/t17-/m1/s1. The van der Waals surface area contributed by atoms with E-state index in [9.17, 15) is 4.79 Å². The second-order valence-corrected chi connectivity index (χ2v) is 8.04. The predicted molar refractivity (Wildman–Crippen MR) is 118 cm³/mol. The fourth-order valence-corrected chi connectivity index (χ4v) is 4.53. The monoisotopic (exact) mass is 402 g/mol. The van der Waals surface area contributed by atoms with Crippen molar-refractivity contribution < 1.29 is 4.79 Å². The fraction of sp³-hybridized carbons (Fsp3) is 0.348. The SMILES string of the molecule is CCn1c(-c2nc3cc(C(=O)N4CCC[C@@H](N)C4)ccc3n2C)cc2cccnc21. The van der Waals surface area contributed by atoms with Crippen LogP contribution in [-0.4, -0.2) is 49.0 Å². The highest BCUT2D eigenvalue weighted by molar-refractivity contribution is 5.98. The van der Waals surface area contributed by atoms with Crippen LogP contribution < -0.4 is 5.73 Å². The summed E-state index contributed by atoms with van der Waals surface area (Å²) in [5.41, 5.74) is 10.5. The molecule has 1 atom stereocenters. The molecule has 0 unspecified atom stereocenters. The lowest BCUT2D eigenvalue weighted by Gasteiger charge is -2.30. The summed E-state index contributed by atoms with van der Waals surface area (Å²) < 4.78 is 4.26. The van der Waals surface area contributed by atoms with Crippen molar-refractivity contribution in [1.82, 2.24) is 24.0 Å². The van der Waals surface area contributed by atoms with E-state index < -0.39 is 0 Å². The zero-order valence-electron chi connectivity index (χ0n) is 17.4. The molecule has 7 heteroatoms.